The number of nitrogens with zero attached hydrogens (tertiary/aromatic N) is 2. The number of carbonyl (C=O) groups is 2. The number of hydrogen-bond donors (Lipinski definition) is 2. The number of hydrogen-bond acceptors (Lipinski definition) is 3. The lowest BCUT2D eigenvalue weighted by molar-refractivity contribution is -0.120. The van der Waals surface area contributed by atoms with Crippen molar-refractivity contribution in [2.24, 2.45) is 11.7 Å². The molecule has 1 aromatic carbocycles. The van der Waals surface area contributed by atoms with Crippen LogP contribution in [-0.4, -0.2) is 27.4 Å². The van der Waals surface area contributed by atoms with E-state index in [2.05, 4.69) is 10.3 Å². The van der Waals surface area contributed by atoms with Crippen LogP contribution >= 0.6 is 0 Å². The minimum atomic E-state index is -0.687. The lowest BCUT2D eigenvalue weighted by atomic mass is 10.0. The van der Waals surface area contributed by atoms with Crippen molar-refractivity contribution < 1.29 is 9.59 Å². The Morgan fingerprint density at radius 1 is 1.19 bits per heavy atom. The first-order chi connectivity index (χ1) is 12.9. The van der Waals surface area contributed by atoms with Crippen LogP contribution in [0.1, 0.15) is 36.2 Å². The van der Waals surface area contributed by atoms with E-state index in [1.807, 2.05) is 48.7 Å². The molecule has 2 amide bonds. The molecule has 0 radical (unpaired) electrons. The van der Waals surface area contributed by atoms with E-state index in [9.17, 15) is 9.59 Å². The molecule has 0 fully saturated rings. The second-order valence-electron chi connectivity index (χ2n) is 7.15. The maximum absolute atomic E-state index is 12.8. The zero-order valence-corrected chi connectivity index (χ0v) is 15.6. The topological polar surface area (TPSA) is 90.0 Å². The summed E-state index contributed by atoms with van der Waals surface area (Å²) in [5, 5.41) is 2.76. The van der Waals surface area contributed by atoms with Gasteiger partial charge in [0.05, 0.1) is 17.5 Å². The van der Waals surface area contributed by atoms with E-state index >= 15 is 0 Å². The quantitative estimate of drug-likeness (QED) is 0.675. The van der Waals surface area contributed by atoms with Gasteiger partial charge in [0, 0.05) is 24.5 Å². The number of pyridine rings is 1. The molecule has 0 saturated heterocycles. The van der Waals surface area contributed by atoms with Gasteiger partial charge in [0.2, 0.25) is 5.91 Å². The molecule has 3 N–H and O–H groups in total. The summed E-state index contributed by atoms with van der Waals surface area (Å²) in [4.78, 5) is 28.6. The molecule has 0 aliphatic carbocycles. The molecule has 0 unspecified atom stereocenters. The average molecular weight is 364 g/mol. The third-order valence-electron chi connectivity index (χ3n) is 4.44. The highest BCUT2D eigenvalue weighted by molar-refractivity contribution is 5.98. The Bertz CT molecular complexity index is 902. The molecule has 2 heterocycles. The molecular weight excluding hydrogens is 340 g/mol. The highest BCUT2D eigenvalue weighted by Gasteiger charge is 2.21. The average Bonchev–Trinajstić information content (AvgIpc) is 3.10. The Balaban J connectivity index is 1.89. The van der Waals surface area contributed by atoms with Gasteiger partial charge in [-0.15, -0.1) is 0 Å². The number of amides is 2. The van der Waals surface area contributed by atoms with E-state index in [4.69, 9.17) is 5.73 Å². The maximum Gasteiger partial charge on any atom is 0.253 e. The van der Waals surface area contributed by atoms with Crippen LogP contribution in [0, 0.1) is 5.92 Å². The van der Waals surface area contributed by atoms with Gasteiger partial charge >= 0.3 is 0 Å². The SMILES string of the molecule is CC(C)C[C@H](NC(=O)c1cc2cncc-2n(Cc2ccccc2)c1)C(N)=O. The van der Waals surface area contributed by atoms with E-state index in [1.54, 1.807) is 24.7 Å². The Labute approximate surface area is 158 Å². The summed E-state index contributed by atoms with van der Waals surface area (Å²) in [6, 6.07) is 11.1. The largest absolute Gasteiger partial charge is 0.368 e. The molecule has 6 nitrogen and oxygen atoms in total. The molecule has 2 aliphatic rings. The molecule has 140 valence electrons. The Morgan fingerprint density at radius 2 is 1.93 bits per heavy atom. The summed E-state index contributed by atoms with van der Waals surface area (Å²) in [5.74, 6) is -0.595. The lowest BCUT2D eigenvalue weighted by Crippen LogP contribution is -2.45. The van der Waals surface area contributed by atoms with Crippen LogP contribution < -0.4 is 11.1 Å². The monoisotopic (exact) mass is 364 g/mol. The first kappa shape index (κ1) is 18.6. The summed E-state index contributed by atoms with van der Waals surface area (Å²) in [6.45, 7) is 4.59. The second kappa shape index (κ2) is 8.03. The highest BCUT2D eigenvalue weighted by Crippen LogP contribution is 2.24. The van der Waals surface area contributed by atoms with Crippen LogP contribution in [0.4, 0.5) is 0 Å². The van der Waals surface area contributed by atoms with Gasteiger partial charge in [0.15, 0.2) is 0 Å². The minimum absolute atomic E-state index is 0.243. The number of aromatic nitrogens is 2. The molecule has 27 heavy (non-hydrogen) atoms. The molecule has 0 spiro atoms. The van der Waals surface area contributed by atoms with Crippen molar-refractivity contribution >= 4 is 11.8 Å². The fourth-order valence-electron chi connectivity index (χ4n) is 3.12. The van der Waals surface area contributed by atoms with Gasteiger partial charge < -0.3 is 15.6 Å². The van der Waals surface area contributed by atoms with Gasteiger partial charge in [-0.25, -0.2) is 0 Å². The maximum atomic E-state index is 12.8. The van der Waals surface area contributed by atoms with E-state index in [-0.39, 0.29) is 11.8 Å². The van der Waals surface area contributed by atoms with Crippen LogP contribution in [0.3, 0.4) is 0 Å². The summed E-state index contributed by atoms with van der Waals surface area (Å²) in [6.07, 6.45) is 5.81. The molecule has 3 rings (SSSR count). The number of nitrogens with two attached hydrogens (primary N) is 1. The molecule has 0 saturated carbocycles. The van der Waals surface area contributed by atoms with Crippen LogP contribution in [0.5, 0.6) is 0 Å². The van der Waals surface area contributed by atoms with E-state index in [1.165, 1.54) is 0 Å². The Hall–Kier alpha value is -3.15. The standard InChI is InChI=1S/C21H24N4O2/c1-14(2)8-18(20(22)26)24-21(27)17-9-16-10-23-11-19(16)25(13-17)12-15-6-4-3-5-7-15/h3-7,9-11,13-14,18H,8,12H2,1-2H3,(H2,22,26)(H,24,27)/t18-/m0/s1. The number of fused-ring (bicyclic) bond motifs is 1. The van der Waals surface area contributed by atoms with Crippen molar-refractivity contribution in [2.75, 3.05) is 0 Å². The first-order valence-corrected chi connectivity index (χ1v) is 9.02. The van der Waals surface area contributed by atoms with Crippen LogP contribution in [-0.2, 0) is 11.3 Å². The van der Waals surface area contributed by atoms with Crippen molar-refractivity contribution in [3.63, 3.8) is 0 Å². The number of rotatable bonds is 7. The molecular formula is C21H24N4O2. The molecule has 0 bridgehead atoms. The van der Waals surface area contributed by atoms with Gasteiger partial charge in [-0.05, 0) is 24.0 Å². The van der Waals surface area contributed by atoms with Gasteiger partial charge in [0.25, 0.3) is 5.91 Å². The molecule has 6 heteroatoms. The summed E-state index contributed by atoms with van der Waals surface area (Å²) < 4.78 is 1.99. The second-order valence-corrected chi connectivity index (χ2v) is 7.15. The normalized spacial score (nSPS) is 12.3. The zero-order chi connectivity index (χ0) is 19.4. The molecule has 1 atom stereocenters. The van der Waals surface area contributed by atoms with Crippen LogP contribution in [0.25, 0.3) is 11.3 Å². The van der Waals surface area contributed by atoms with Crippen molar-refractivity contribution in [3.05, 3.63) is 66.1 Å². The fraction of sp³-hybridized carbons (Fsp3) is 0.286. The smallest absolute Gasteiger partial charge is 0.253 e. The third-order valence-corrected chi connectivity index (χ3v) is 4.44. The third kappa shape index (κ3) is 4.53. The number of nitrogens with one attached hydrogen (secondary N) is 1. The van der Waals surface area contributed by atoms with E-state index in [0.717, 1.165) is 16.8 Å². The first-order valence-electron chi connectivity index (χ1n) is 9.02. The van der Waals surface area contributed by atoms with E-state index < -0.39 is 11.9 Å². The summed E-state index contributed by atoms with van der Waals surface area (Å²) in [7, 11) is 0. The number of benzene rings is 1. The van der Waals surface area contributed by atoms with Crippen molar-refractivity contribution in [1.82, 2.24) is 14.9 Å². The Morgan fingerprint density at radius 3 is 2.59 bits per heavy atom. The summed E-state index contributed by atoms with van der Waals surface area (Å²) >= 11 is 0. The van der Waals surface area contributed by atoms with Crippen molar-refractivity contribution in [1.29, 1.82) is 0 Å². The van der Waals surface area contributed by atoms with Gasteiger partial charge in [0.1, 0.15) is 6.04 Å². The zero-order valence-electron chi connectivity index (χ0n) is 15.6. The highest BCUT2D eigenvalue weighted by atomic mass is 16.2. The lowest BCUT2D eigenvalue weighted by Gasteiger charge is -2.19. The molecule has 1 aromatic rings. The van der Waals surface area contributed by atoms with Crippen molar-refractivity contribution in [2.45, 2.75) is 32.9 Å². The fourth-order valence-corrected chi connectivity index (χ4v) is 3.12. The van der Waals surface area contributed by atoms with Crippen molar-refractivity contribution in [3.8, 4) is 11.3 Å². The summed E-state index contributed by atoms with van der Waals surface area (Å²) in [5.41, 5.74) is 8.87. The minimum Gasteiger partial charge on any atom is -0.368 e. The van der Waals surface area contributed by atoms with Crippen LogP contribution in [0.15, 0.2) is 55.0 Å². The van der Waals surface area contributed by atoms with Gasteiger partial charge in [-0.3, -0.25) is 14.6 Å². The number of primary amides is 1. The van der Waals surface area contributed by atoms with Gasteiger partial charge in [-0.2, -0.15) is 0 Å². The predicted octanol–water partition coefficient (Wildman–Crippen LogP) is 2.67. The Kier molecular flexibility index (Phi) is 5.54. The number of carbonyl (C=O) groups excluding carboxylic acids is 2. The van der Waals surface area contributed by atoms with Crippen LogP contribution in [0.2, 0.25) is 0 Å². The molecule has 2 aliphatic heterocycles. The molecule has 0 aromatic heterocycles. The van der Waals surface area contributed by atoms with Gasteiger partial charge in [-0.1, -0.05) is 44.2 Å². The predicted molar refractivity (Wildman–Crippen MR) is 104 cm³/mol. The van der Waals surface area contributed by atoms with E-state index in [0.29, 0.717) is 18.5 Å².